The van der Waals surface area contributed by atoms with Crippen LogP contribution in [0.5, 0.6) is 23.0 Å². The van der Waals surface area contributed by atoms with Gasteiger partial charge in [0.05, 0.1) is 23.7 Å². The van der Waals surface area contributed by atoms with Gasteiger partial charge in [-0.3, -0.25) is 14.2 Å². The zero-order valence-corrected chi connectivity index (χ0v) is 41.3. The number of carbonyl (C=O) groups excluding carboxylic acids is 1. The summed E-state index contributed by atoms with van der Waals surface area (Å²) in [6.07, 6.45) is -7.42. The Labute approximate surface area is 420 Å². The third kappa shape index (κ3) is 9.84. The minimum absolute atomic E-state index is 0. The maximum Gasteiger partial charge on any atom is 1.00 e. The molecule has 4 aromatic carbocycles. The van der Waals surface area contributed by atoms with Crippen molar-refractivity contribution in [3.8, 4) is 90.7 Å². The van der Waals surface area contributed by atoms with Crippen LogP contribution in [-0.4, -0.2) is 61.4 Å². The van der Waals surface area contributed by atoms with Crippen molar-refractivity contribution in [3.05, 3.63) is 117 Å². The molecule has 4 aromatic heterocycles. The number of rotatable bonds is 8. The van der Waals surface area contributed by atoms with Crippen molar-refractivity contribution in [1.82, 2.24) is 29.5 Å². The minimum Gasteiger partial charge on any atom is -1.00 e. The fourth-order valence-electron chi connectivity index (χ4n) is 7.41. The Bertz CT molecular complexity index is 3220. The van der Waals surface area contributed by atoms with Gasteiger partial charge in [-0.25, -0.2) is 9.97 Å². The van der Waals surface area contributed by atoms with Gasteiger partial charge in [0.2, 0.25) is 0 Å². The molecule has 0 atom stereocenters. The van der Waals surface area contributed by atoms with Gasteiger partial charge in [-0.1, -0.05) is 44.0 Å². The Morgan fingerprint density at radius 1 is 0.642 bits per heavy atom. The molecule has 0 bridgehead atoms. The third-order valence-electron chi connectivity index (χ3n) is 10.2. The van der Waals surface area contributed by atoms with Crippen LogP contribution in [-0.2, 0) is 20.7 Å². The summed E-state index contributed by atoms with van der Waals surface area (Å²) < 4.78 is 88.9. The number of oxazole rings is 2. The number of nitrogens with zero attached hydrogens (tertiary/aromatic N) is 6. The van der Waals surface area contributed by atoms with E-state index in [0.717, 1.165) is 25.8 Å². The molecule has 0 unspecified atom stereocenters. The molecular weight excluding hydrogens is 1020 g/mol. The molecule has 1 N–H and O–H groups in total. The van der Waals surface area contributed by atoms with Crippen molar-refractivity contribution in [2.75, 3.05) is 0 Å². The number of Topliss-reactive ketones (excluding diaryl/α,β-unsaturated/α-hetero) is 1. The van der Waals surface area contributed by atoms with Crippen LogP contribution in [0.1, 0.15) is 36.3 Å². The van der Waals surface area contributed by atoms with E-state index in [2.05, 4.69) is 71.0 Å². The number of hydrogen-bond donors (Lipinski definition) is 1. The second-order valence-electron chi connectivity index (χ2n) is 14.8. The first kappa shape index (κ1) is 49.2. The van der Waals surface area contributed by atoms with Crippen molar-refractivity contribution in [2.45, 2.75) is 40.0 Å². The Morgan fingerprint density at radius 2 is 1.07 bits per heavy atom. The van der Waals surface area contributed by atoms with Gasteiger partial charge in [-0.05, 0) is 72.8 Å². The number of carbonyl (C=O) groups is 1. The van der Waals surface area contributed by atoms with Crippen LogP contribution in [0.3, 0.4) is 0 Å². The molecule has 10 rings (SSSR count). The maximum atomic E-state index is 13.5. The monoisotopic (exact) mass is 1050 g/mol. The van der Waals surface area contributed by atoms with E-state index in [4.69, 9.17) is 8.83 Å². The molecule has 0 saturated heterocycles. The molecule has 22 heteroatoms. The Hall–Kier alpha value is -5.71. The summed E-state index contributed by atoms with van der Waals surface area (Å²) in [4.78, 5) is 20.8. The first-order valence-corrected chi connectivity index (χ1v) is 21.0. The normalized spacial score (nSPS) is 13.7. The van der Waals surface area contributed by atoms with Crippen LogP contribution < -0.4 is 48.5 Å². The Morgan fingerprint density at radius 3 is 1.49 bits per heavy atom. The number of alkyl halides is 4. The van der Waals surface area contributed by atoms with Crippen molar-refractivity contribution >= 4 is 46.1 Å². The summed E-state index contributed by atoms with van der Waals surface area (Å²) in [5, 5.41) is 18.1. The molecule has 0 amide bonds. The summed E-state index contributed by atoms with van der Waals surface area (Å²) in [5.41, 5.74) is 7.25. The molecule has 3 radical (unpaired) electrons. The molecule has 8 aromatic rings. The predicted octanol–water partition coefficient (Wildman–Crippen LogP) is 8.03. The fourth-order valence-corrected chi connectivity index (χ4v) is 8.13. The Kier molecular flexibility index (Phi) is 13.8. The van der Waals surface area contributed by atoms with Gasteiger partial charge in [0.25, 0.3) is 0 Å². The smallest absolute Gasteiger partial charge is 1.00 e. The van der Waals surface area contributed by atoms with Gasteiger partial charge in [-0.15, -0.1) is 17.6 Å². The minimum atomic E-state index is -3.71. The topological polar surface area (TPSA) is 162 Å². The van der Waals surface area contributed by atoms with E-state index in [-0.39, 0.29) is 74.8 Å². The quantitative estimate of drug-likeness (QED) is 0.0888. The second kappa shape index (κ2) is 18.8. The molecule has 337 valence electrons. The maximum absolute atomic E-state index is 13.5. The van der Waals surface area contributed by atoms with Crippen molar-refractivity contribution in [1.29, 1.82) is 0 Å². The Balaban J connectivity index is 0.000000215. The molecule has 6 heterocycles. The number of benzene rings is 4. The van der Waals surface area contributed by atoms with Crippen LogP contribution >= 0.6 is 31.9 Å². The van der Waals surface area contributed by atoms with Crippen LogP contribution in [0.15, 0.2) is 103 Å². The summed E-state index contributed by atoms with van der Waals surface area (Å²) >= 11 is 7.00. The van der Waals surface area contributed by atoms with Crippen LogP contribution in [0.4, 0.5) is 17.6 Å². The van der Waals surface area contributed by atoms with E-state index in [1.165, 1.54) is 31.2 Å². The van der Waals surface area contributed by atoms with Crippen molar-refractivity contribution in [2.24, 2.45) is 14.1 Å². The number of aliphatic hydroxyl groups is 1. The van der Waals surface area contributed by atoms with Crippen molar-refractivity contribution in [3.63, 3.8) is 0 Å². The van der Waals surface area contributed by atoms with E-state index in [1.54, 1.807) is 61.6 Å². The van der Waals surface area contributed by atoms with Gasteiger partial charge in [-0.2, -0.15) is 10.2 Å². The van der Waals surface area contributed by atoms with E-state index < -0.39 is 12.6 Å². The SMILES string of the molecule is CC(=O)c1cc(-c2ccc(Br)cc2-c2oc(C)nc2-c2ccc3c(c2)OC(F)(F)O3)n(C)n1.Cc1nc(-c2ccc3c(c2)OC(F)(F)O3)c(-c2cc(Br)ccc2-c2cc(CO)nn2C)o1.[B].[H-].[Na+]. The standard InChI is InChI=1S/C23H16BrF2N3O4.C22H16BrF2N3O4.B.Na.H/c1-11(30)17-10-18(29(3)28-17)15-6-5-14(24)9-16(15)22-21(27-12(2)31-22)13-4-7-19-20(8-13)33-23(25,26)32-19;1-11-26-20(12-3-6-18-19(7-12)32-22(24,25)31-18)21(30-11)16-8-13(23)4-5-15(16)17-9-14(10-29)27-28(17)2;;;/h4-10H,1-3H3;3-9,29H,10H2,1-2H3;;;/q;;;+1;-1. The first-order chi connectivity index (χ1) is 30.8. The van der Waals surface area contributed by atoms with E-state index in [0.29, 0.717) is 74.0 Å². The van der Waals surface area contributed by atoms with Gasteiger partial charge < -0.3 is 34.3 Å². The summed E-state index contributed by atoms with van der Waals surface area (Å²) in [6, 6.07) is 23.7. The molecule has 14 nitrogen and oxygen atoms in total. The van der Waals surface area contributed by atoms with Crippen LogP contribution in [0.25, 0.3) is 67.7 Å². The molecule has 0 aliphatic carbocycles. The van der Waals surface area contributed by atoms with E-state index in [9.17, 15) is 27.5 Å². The largest absolute Gasteiger partial charge is 1.00 e. The molecular formula is C45H33BBr2F4N6NaO8. The zero-order valence-electron chi connectivity index (χ0n) is 37.1. The average molecular weight is 1060 g/mol. The number of halogens is 6. The van der Waals surface area contributed by atoms with Gasteiger partial charge >= 0.3 is 42.1 Å². The first-order valence-electron chi connectivity index (χ1n) is 19.4. The third-order valence-corrected chi connectivity index (χ3v) is 11.1. The van der Waals surface area contributed by atoms with Crippen molar-refractivity contribution < 1.29 is 86.2 Å². The van der Waals surface area contributed by atoms with E-state index >= 15 is 0 Å². The van der Waals surface area contributed by atoms with E-state index in [1.807, 2.05) is 36.4 Å². The molecule has 67 heavy (non-hydrogen) atoms. The number of ether oxygens (including phenoxy) is 4. The molecule has 0 spiro atoms. The number of hydrogen-bond acceptors (Lipinski definition) is 12. The number of aliphatic hydroxyl groups excluding tert-OH is 1. The zero-order chi connectivity index (χ0) is 46.1. The predicted molar refractivity (Wildman–Crippen MR) is 239 cm³/mol. The van der Waals surface area contributed by atoms with Crippen LogP contribution in [0.2, 0.25) is 0 Å². The van der Waals surface area contributed by atoms with Gasteiger partial charge in [0, 0.05) is 85.6 Å². The van der Waals surface area contributed by atoms with Gasteiger partial charge in [0.15, 0.2) is 52.1 Å². The fraction of sp³-hybridized carbons (Fsp3) is 0.178. The van der Waals surface area contributed by atoms with Crippen LogP contribution in [0, 0.1) is 13.8 Å². The number of ketones is 1. The molecule has 2 aliphatic heterocycles. The molecule has 0 saturated carbocycles. The van der Waals surface area contributed by atoms with Gasteiger partial charge in [0.1, 0.15) is 17.1 Å². The summed E-state index contributed by atoms with van der Waals surface area (Å²) in [6.45, 7) is 4.67. The number of fused-ring (bicyclic) bond motifs is 2. The molecule has 0 fully saturated rings. The number of aryl methyl sites for hydroxylation is 4. The molecule has 2 aliphatic rings. The number of aromatic nitrogens is 6. The summed E-state index contributed by atoms with van der Waals surface area (Å²) in [5.74, 6) is 1.27. The average Bonchev–Trinajstić information content (AvgIpc) is 4.10. The second-order valence-corrected chi connectivity index (χ2v) is 16.6. The summed E-state index contributed by atoms with van der Waals surface area (Å²) in [7, 11) is 3.53.